The van der Waals surface area contributed by atoms with Gasteiger partial charge in [0.05, 0.1) is 11.3 Å². The summed E-state index contributed by atoms with van der Waals surface area (Å²) in [5, 5.41) is 3.57. The SMILES string of the molecule is Cc1cc[n+](C2=C(c3c(C)[nH]n(-c4cccc(Cl)c4)c3=O)C(=O)N(C3CCCCC3)C2=O)cc1C. The number of H-pyrrole nitrogens is 1. The minimum Gasteiger partial charge on any atom is -0.295 e. The van der Waals surface area contributed by atoms with Gasteiger partial charge in [0.25, 0.3) is 17.2 Å². The van der Waals surface area contributed by atoms with Crippen molar-refractivity contribution in [3.8, 4) is 5.69 Å². The Morgan fingerprint density at radius 3 is 2.40 bits per heavy atom. The first kappa shape index (κ1) is 23.3. The van der Waals surface area contributed by atoms with Crippen LogP contribution in [-0.2, 0) is 9.59 Å². The van der Waals surface area contributed by atoms with Crippen LogP contribution in [0.25, 0.3) is 17.0 Å². The molecule has 0 spiro atoms. The van der Waals surface area contributed by atoms with Gasteiger partial charge in [0, 0.05) is 28.4 Å². The lowest BCUT2D eigenvalue weighted by molar-refractivity contribution is -0.577. The molecule has 0 atom stereocenters. The van der Waals surface area contributed by atoms with Crippen molar-refractivity contribution >= 4 is 34.7 Å². The van der Waals surface area contributed by atoms with E-state index >= 15 is 0 Å². The van der Waals surface area contributed by atoms with Crippen LogP contribution < -0.4 is 10.1 Å². The number of hydrogen-bond donors (Lipinski definition) is 1. The molecule has 8 heteroatoms. The highest BCUT2D eigenvalue weighted by Gasteiger charge is 2.49. The fraction of sp³-hybridized carbons (Fsp3) is 0.333. The molecule has 1 aliphatic heterocycles. The lowest BCUT2D eigenvalue weighted by atomic mass is 9.94. The van der Waals surface area contributed by atoms with E-state index in [9.17, 15) is 14.4 Å². The number of aromatic nitrogens is 3. The molecule has 0 saturated heterocycles. The van der Waals surface area contributed by atoms with Gasteiger partial charge in [-0.3, -0.25) is 24.4 Å². The maximum Gasteiger partial charge on any atom is 0.327 e. The number of imide groups is 1. The van der Waals surface area contributed by atoms with Crippen molar-refractivity contribution in [1.82, 2.24) is 14.7 Å². The van der Waals surface area contributed by atoms with Gasteiger partial charge in [-0.05, 0) is 57.4 Å². The first-order valence-corrected chi connectivity index (χ1v) is 12.3. The van der Waals surface area contributed by atoms with Gasteiger partial charge >= 0.3 is 5.91 Å². The molecular weight excluding hydrogens is 464 g/mol. The van der Waals surface area contributed by atoms with Gasteiger partial charge in [0.1, 0.15) is 5.57 Å². The molecule has 2 amide bonds. The smallest absolute Gasteiger partial charge is 0.295 e. The fourth-order valence-electron chi connectivity index (χ4n) is 5.12. The number of pyridine rings is 1. The summed E-state index contributed by atoms with van der Waals surface area (Å²) in [6.07, 6.45) is 8.26. The molecule has 1 fully saturated rings. The number of aryl methyl sites for hydroxylation is 3. The molecule has 0 radical (unpaired) electrons. The monoisotopic (exact) mass is 491 g/mol. The lowest BCUT2D eigenvalue weighted by Gasteiger charge is -2.29. The Labute approximate surface area is 208 Å². The van der Waals surface area contributed by atoms with E-state index in [0.717, 1.165) is 43.2 Å². The predicted molar refractivity (Wildman–Crippen MR) is 134 cm³/mol. The van der Waals surface area contributed by atoms with Gasteiger partial charge in [-0.2, -0.15) is 4.57 Å². The molecule has 0 bridgehead atoms. The topological polar surface area (TPSA) is 79.1 Å². The Hall–Kier alpha value is -3.45. The summed E-state index contributed by atoms with van der Waals surface area (Å²) in [4.78, 5) is 42.8. The molecule has 3 heterocycles. The number of halogens is 1. The van der Waals surface area contributed by atoms with Crippen molar-refractivity contribution in [1.29, 1.82) is 0 Å². The number of nitrogens with zero attached hydrogens (tertiary/aromatic N) is 3. The van der Waals surface area contributed by atoms with E-state index in [1.165, 1.54) is 9.58 Å². The van der Waals surface area contributed by atoms with Crippen LogP contribution in [0.3, 0.4) is 0 Å². The Morgan fingerprint density at radius 1 is 0.971 bits per heavy atom. The molecule has 2 aliphatic rings. The number of amides is 2. The Kier molecular flexibility index (Phi) is 5.97. The van der Waals surface area contributed by atoms with Gasteiger partial charge in [0.2, 0.25) is 0 Å². The normalized spacial score (nSPS) is 17.1. The van der Waals surface area contributed by atoms with Gasteiger partial charge in [-0.15, -0.1) is 0 Å². The molecule has 35 heavy (non-hydrogen) atoms. The molecule has 0 unspecified atom stereocenters. The third-order valence-electron chi connectivity index (χ3n) is 7.12. The fourth-order valence-corrected chi connectivity index (χ4v) is 5.31. The van der Waals surface area contributed by atoms with Gasteiger partial charge in [-0.1, -0.05) is 36.9 Å². The van der Waals surface area contributed by atoms with E-state index in [4.69, 9.17) is 11.6 Å². The third kappa shape index (κ3) is 3.93. The number of aromatic amines is 1. The van der Waals surface area contributed by atoms with Crippen LogP contribution in [0.1, 0.15) is 54.5 Å². The van der Waals surface area contributed by atoms with Crippen molar-refractivity contribution in [2.24, 2.45) is 0 Å². The van der Waals surface area contributed by atoms with Gasteiger partial charge < -0.3 is 0 Å². The third-order valence-corrected chi connectivity index (χ3v) is 7.35. The van der Waals surface area contributed by atoms with Crippen LogP contribution in [-0.4, -0.2) is 32.5 Å². The van der Waals surface area contributed by atoms with E-state index in [1.54, 1.807) is 42.0 Å². The molecule has 1 saturated carbocycles. The van der Waals surface area contributed by atoms with Crippen LogP contribution in [0, 0.1) is 20.8 Å². The Balaban J connectivity index is 1.72. The first-order valence-electron chi connectivity index (χ1n) is 12.0. The molecular formula is C27H28ClN4O3+. The number of nitrogens with one attached hydrogen (secondary N) is 1. The number of carbonyl (C=O) groups is 2. The Morgan fingerprint density at radius 2 is 1.71 bits per heavy atom. The second-order valence-electron chi connectivity index (χ2n) is 9.45. The first-order chi connectivity index (χ1) is 16.8. The van der Waals surface area contributed by atoms with Crippen molar-refractivity contribution in [2.45, 2.75) is 58.9 Å². The van der Waals surface area contributed by atoms with Crippen LogP contribution in [0.2, 0.25) is 5.02 Å². The van der Waals surface area contributed by atoms with Crippen molar-refractivity contribution in [2.75, 3.05) is 0 Å². The molecule has 2 aromatic heterocycles. The van der Waals surface area contributed by atoms with Crippen LogP contribution in [0.4, 0.5) is 0 Å². The molecule has 1 aliphatic carbocycles. The number of rotatable bonds is 4. The van der Waals surface area contributed by atoms with E-state index in [2.05, 4.69) is 5.10 Å². The number of benzene rings is 1. The zero-order chi connectivity index (χ0) is 24.9. The Bertz CT molecular complexity index is 1440. The van der Waals surface area contributed by atoms with Crippen LogP contribution in [0.15, 0.2) is 47.5 Å². The van der Waals surface area contributed by atoms with E-state index in [0.29, 0.717) is 16.4 Å². The molecule has 180 valence electrons. The van der Waals surface area contributed by atoms with Gasteiger partial charge in [0.15, 0.2) is 12.4 Å². The summed E-state index contributed by atoms with van der Waals surface area (Å²) in [7, 11) is 0. The maximum absolute atomic E-state index is 13.9. The average molecular weight is 492 g/mol. The number of hydrogen-bond acceptors (Lipinski definition) is 3. The summed E-state index contributed by atoms with van der Waals surface area (Å²) in [6.45, 7) is 5.69. The van der Waals surface area contributed by atoms with Crippen molar-refractivity contribution < 1.29 is 14.2 Å². The molecule has 1 aromatic carbocycles. The lowest BCUT2D eigenvalue weighted by Crippen LogP contribution is -2.45. The highest BCUT2D eigenvalue weighted by atomic mass is 35.5. The molecule has 3 aromatic rings. The summed E-state index contributed by atoms with van der Waals surface area (Å²) < 4.78 is 3.06. The zero-order valence-corrected chi connectivity index (χ0v) is 20.9. The minimum atomic E-state index is -0.403. The van der Waals surface area contributed by atoms with Crippen LogP contribution in [0.5, 0.6) is 0 Å². The average Bonchev–Trinajstić information content (AvgIpc) is 3.27. The second kappa shape index (κ2) is 8.96. The summed E-state index contributed by atoms with van der Waals surface area (Å²) >= 11 is 6.15. The molecule has 5 rings (SSSR count). The largest absolute Gasteiger partial charge is 0.327 e. The molecule has 1 N–H and O–H groups in total. The zero-order valence-electron chi connectivity index (χ0n) is 20.1. The summed E-state index contributed by atoms with van der Waals surface area (Å²) in [6, 6.07) is 8.67. The van der Waals surface area contributed by atoms with Crippen molar-refractivity contribution in [3.05, 3.63) is 80.5 Å². The van der Waals surface area contributed by atoms with E-state index in [1.807, 2.05) is 26.1 Å². The highest BCUT2D eigenvalue weighted by Crippen LogP contribution is 2.35. The van der Waals surface area contributed by atoms with Crippen molar-refractivity contribution in [3.63, 3.8) is 0 Å². The van der Waals surface area contributed by atoms with Gasteiger partial charge in [-0.25, -0.2) is 4.68 Å². The quantitative estimate of drug-likeness (QED) is 0.441. The van der Waals surface area contributed by atoms with Crippen LogP contribution >= 0.6 is 11.6 Å². The highest BCUT2D eigenvalue weighted by molar-refractivity contribution is 6.44. The summed E-state index contributed by atoms with van der Waals surface area (Å²) in [5.41, 5.74) is 3.31. The standard InChI is InChI=1S/C27H27ClN4O3/c1-16-12-13-30(15-17(16)2)24-23(25(33)31(27(24)35)20-9-5-4-6-10-20)22-18(3)29-32(26(22)34)21-11-7-8-19(28)14-21/h7-8,11-15,20H,4-6,9-10H2,1-3H3/p+1. The molecule has 7 nitrogen and oxygen atoms in total. The van der Waals surface area contributed by atoms with E-state index < -0.39 is 11.5 Å². The maximum atomic E-state index is 13.9. The predicted octanol–water partition coefficient (Wildman–Crippen LogP) is 4.10. The summed E-state index contributed by atoms with van der Waals surface area (Å²) in [5.74, 6) is -0.750. The second-order valence-corrected chi connectivity index (χ2v) is 9.88. The number of carbonyl (C=O) groups excluding carboxylic acids is 2. The van der Waals surface area contributed by atoms with E-state index in [-0.39, 0.29) is 28.8 Å². The minimum absolute atomic E-state index is 0.147.